The Kier molecular flexibility index (Phi) is 4.86. The molecule has 0 radical (unpaired) electrons. The van der Waals surface area contributed by atoms with Gasteiger partial charge in [0, 0.05) is 6.54 Å². The van der Waals surface area contributed by atoms with Crippen molar-refractivity contribution in [3.05, 3.63) is 54.1 Å². The Morgan fingerprint density at radius 1 is 0.905 bits per heavy atom. The Bertz CT molecular complexity index is 557. The SMILES string of the molecule is CCC(C)(CN)Oc1ccc(Oc2ccc(C)cc2)cc1. The number of rotatable bonds is 6. The van der Waals surface area contributed by atoms with Gasteiger partial charge >= 0.3 is 0 Å². The largest absolute Gasteiger partial charge is 0.486 e. The van der Waals surface area contributed by atoms with Crippen molar-refractivity contribution in [3.63, 3.8) is 0 Å². The summed E-state index contributed by atoms with van der Waals surface area (Å²) in [6.07, 6.45) is 0.866. The van der Waals surface area contributed by atoms with Crippen LogP contribution in [0.4, 0.5) is 0 Å². The average Bonchev–Trinajstić information content (AvgIpc) is 2.51. The standard InChI is InChI=1S/C18H23NO2/c1-4-18(3,13-19)21-17-11-9-16(10-12-17)20-15-7-5-14(2)6-8-15/h5-12H,4,13,19H2,1-3H3. The first-order valence-corrected chi connectivity index (χ1v) is 7.28. The summed E-state index contributed by atoms with van der Waals surface area (Å²) in [7, 11) is 0. The number of benzene rings is 2. The molecule has 0 heterocycles. The minimum atomic E-state index is -0.320. The summed E-state index contributed by atoms with van der Waals surface area (Å²) in [6, 6.07) is 15.6. The highest BCUT2D eigenvalue weighted by molar-refractivity contribution is 5.36. The first-order chi connectivity index (χ1) is 10.0. The van der Waals surface area contributed by atoms with E-state index in [1.54, 1.807) is 0 Å². The molecule has 21 heavy (non-hydrogen) atoms. The lowest BCUT2D eigenvalue weighted by molar-refractivity contribution is 0.0935. The smallest absolute Gasteiger partial charge is 0.127 e. The Morgan fingerprint density at radius 2 is 1.38 bits per heavy atom. The third kappa shape index (κ3) is 4.23. The van der Waals surface area contributed by atoms with E-state index in [0.29, 0.717) is 6.54 Å². The van der Waals surface area contributed by atoms with E-state index in [1.807, 2.05) is 55.5 Å². The highest BCUT2D eigenvalue weighted by Gasteiger charge is 2.21. The van der Waals surface area contributed by atoms with Crippen LogP contribution in [0.1, 0.15) is 25.8 Å². The molecule has 3 nitrogen and oxygen atoms in total. The first-order valence-electron chi connectivity index (χ1n) is 7.28. The van der Waals surface area contributed by atoms with Gasteiger partial charge in [0.2, 0.25) is 0 Å². The third-order valence-corrected chi connectivity index (χ3v) is 3.62. The number of hydrogen-bond donors (Lipinski definition) is 1. The fourth-order valence-corrected chi connectivity index (χ4v) is 1.86. The molecule has 0 aliphatic carbocycles. The molecule has 2 aromatic rings. The van der Waals surface area contributed by atoms with E-state index in [2.05, 4.69) is 13.8 Å². The zero-order chi connectivity index (χ0) is 15.3. The van der Waals surface area contributed by atoms with Crippen molar-refractivity contribution >= 4 is 0 Å². The van der Waals surface area contributed by atoms with Crippen LogP contribution in [0.5, 0.6) is 17.2 Å². The maximum Gasteiger partial charge on any atom is 0.127 e. The van der Waals surface area contributed by atoms with E-state index in [0.717, 1.165) is 23.7 Å². The fraction of sp³-hybridized carbons (Fsp3) is 0.333. The van der Waals surface area contributed by atoms with Crippen LogP contribution >= 0.6 is 0 Å². The Balaban J connectivity index is 2.03. The molecule has 1 atom stereocenters. The first kappa shape index (κ1) is 15.4. The molecule has 0 aliphatic heterocycles. The molecule has 3 heteroatoms. The lowest BCUT2D eigenvalue weighted by Crippen LogP contribution is -2.39. The van der Waals surface area contributed by atoms with Gasteiger partial charge in [-0.3, -0.25) is 0 Å². The van der Waals surface area contributed by atoms with Crippen LogP contribution in [-0.4, -0.2) is 12.1 Å². The van der Waals surface area contributed by atoms with Crippen molar-refractivity contribution < 1.29 is 9.47 Å². The molecule has 0 amide bonds. The van der Waals surface area contributed by atoms with Gasteiger partial charge in [-0.25, -0.2) is 0 Å². The van der Waals surface area contributed by atoms with Crippen LogP contribution in [0.3, 0.4) is 0 Å². The van der Waals surface area contributed by atoms with Crippen molar-refractivity contribution in [1.29, 1.82) is 0 Å². The lowest BCUT2D eigenvalue weighted by atomic mass is 10.0. The molecule has 0 saturated carbocycles. The van der Waals surface area contributed by atoms with Crippen molar-refractivity contribution in [2.24, 2.45) is 5.73 Å². The van der Waals surface area contributed by atoms with Crippen molar-refractivity contribution in [1.82, 2.24) is 0 Å². The Hall–Kier alpha value is -2.00. The normalized spacial score (nSPS) is 13.5. The molecule has 2 rings (SSSR count). The zero-order valence-corrected chi connectivity index (χ0v) is 12.9. The summed E-state index contributed by atoms with van der Waals surface area (Å²) in [5, 5.41) is 0. The molecular weight excluding hydrogens is 262 g/mol. The second-order valence-corrected chi connectivity index (χ2v) is 5.50. The van der Waals surface area contributed by atoms with Gasteiger partial charge < -0.3 is 15.2 Å². The predicted molar refractivity (Wildman–Crippen MR) is 86.1 cm³/mol. The third-order valence-electron chi connectivity index (χ3n) is 3.62. The second kappa shape index (κ2) is 6.64. The minimum absolute atomic E-state index is 0.320. The molecule has 0 aliphatic rings. The molecule has 0 bridgehead atoms. The van der Waals surface area contributed by atoms with E-state index in [1.165, 1.54) is 5.56 Å². The summed E-state index contributed by atoms with van der Waals surface area (Å²) in [4.78, 5) is 0. The Morgan fingerprint density at radius 3 is 1.86 bits per heavy atom. The summed E-state index contributed by atoms with van der Waals surface area (Å²) in [5.41, 5.74) is 6.65. The topological polar surface area (TPSA) is 44.5 Å². The van der Waals surface area contributed by atoms with Gasteiger partial charge in [-0.2, -0.15) is 0 Å². The molecule has 112 valence electrons. The van der Waals surface area contributed by atoms with Crippen LogP contribution in [0.15, 0.2) is 48.5 Å². The highest BCUT2D eigenvalue weighted by Crippen LogP contribution is 2.26. The number of nitrogens with two attached hydrogens (primary N) is 1. The highest BCUT2D eigenvalue weighted by atomic mass is 16.5. The molecule has 0 saturated heterocycles. The van der Waals surface area contributed by atoms with Crippen molar-refractivity contribution in [3.8, 4) is 17.2 Å². The van der Waals surface area contributed by atoms with E-state index >= 15 is 0 Å². The molecule has 2 aromatic carbocycles. The molecule has 2 N–H and O–H groups in total. The number of ether oxygens (including phenoxy) is 2. The summed E-state index contributed by atoms with van der Waals surface area (Å²) in [6.45, 7) is 6.63. The predicted octanol–water partition coefficient (Wildman–Crippen LogP) is 4.29. The van der Waals surface area contributed by atoms with Crippen molar-refractivity contribution in [2.75, 3.05) is 6.54 Å². The van der Waals surface area contributed by atoms with Gasteiger partial charge in [-0.05, 0) is 56.7 Å². The summed E-state index contributed by atoms with van der Waals surface area (Å²) < 4.78 is 11.7. The van der Waals surface area contributed by atoms with Gasteiger partial charge in [0.25, 0.3) is 0 Å². The number of aryl methyl sites for hydroxylation is 1. The minimum Gasteiger partial charge on any atom is -0.486 e. The van der Waals surface area contributed by atoms with Crippen LogP contribution < -0.4 is 15.2 Å². The van der Waals surface area contributed by atoms with Crippen LogP contribution in [0.2, 0.25) is 0 Å². The molecule has 1 unspecified atom stereocenters. The van der Waals surface area contributed by atoms with Gasteiger partial charge in [-0.15, -0.1) is 0 Å². The lowest BCUT2D eigenvalue weighted by Gasteiger charge is -2.28. The van der Waals surface area contributed by atoms with Gasteiger partial charge in [0.05, 0.1) is 0 Å². The molecular formula is C18H23NO2. The Labute approximate surface area is 126 Å². The van der Waals surface area contributed by atoms with Crippen LogP contribution in [0.25, 0.3) is 0 Å². The van der Waals surface area contributed by atoms with E-state index in [4.69, 9.17) is 15.2 Å². The van der Waals surface area contributed by atoms with Gasteiger partial charge in [0.15, 0.2) is 0 Å². The van der Waals surface area contributed by atoms with E-state index < -0.39 is 0 Å². The quantitative estimate of drug-likeness (QED) is 0.861. The van der Waals surface area contributed by atoms with Crippen molar-refractivity contribution in [2.45, 2.75) is 32.8 Å². The maximum absolute atomic E-state index is 5.94. The maximum atomic E-state index is 5.94. The van der Waals surface area contributed by atoms with E-state index in [9.17, 15) is 0 Å². The van der Waals surface area contributed by atoms with E-state index in [-0.39, 0.29) is 5.60 Å². The van der Waals surface area contributed by atoms with Gasteiger partial charge in [0.1, 0.15) is 22.8 Å². The van der Waals surface area contributed by atoms with Crippen LogP contribution in [0, 0.1) is 6.92 Å². The van der Waals surface area contributed by atoms with Crippen LogP contribution in [-0.2, 0) is 0 Å². The molecule has 0 fully saturated rings. The number of hydrogen-bond acceptors (Lipinski definition) is 3. The summed E-state index contributed by atoms with van der Waals surface area (Å²) >= 11 is 0. The monoisotopic (exact) mass is 285 g/mol. The zero-order valence-electron chi connectivity index (χ0n) is 12.9. The van der Waals surface area contributed by atoms with Gasteiger partial charge in [-0.1, -0.05) is 24.6 Å². The molecule has 0 spiro atoms. The molecule has 0 aromatic heterocycles. The summed E-state index contributed by atoms with van der Waals surface area (Å²) in [5.74, 6) is 2.42. The fourth-order valence-electron chi connectivity index (χ4n) is 1.86. The average molecular weight is 285 g/mol. The second-order valence-electron chi connectivity index (χ2n) is 5.50.